The lowest BCUT2D eigenvalue weighted by Crippen LogP contribution is -2.56. The highest BCUT2D eigenvalue weighted by Crippen LogP contribution is 2.48. The van der Waals surface area contributed by atoms with Crippen LogP contribution in [0.1, 0.15) is 5.69 Å². The van der Waals surface area contributed by atoms with Gasteiger partial charge in [0.25, 0.3) is 0 Å². The molecule has 1 aromatic heterocycles. The highest BCUT2D eigenvalue weighted by molar-refractivity contribution is 5.60. The maximum Gasteiger partial charge on any atom is 0.419 e. The molecular weight excluding hydrogens is 319 g/mol. The second-order valence-electron chi connectivity index (χ2n) is 5.41. The van der Waals surface area contributed by atoms with Crippen LogP contribution in [0.25, 0.3) is 0 Å². The van der Waals surface area contributed by atoms with Crippen molar-refractivity contribution in [2.24, 2.45) is 12.8 Å². The first-order valence-corrected chi connectivity index (χ1v) is 7.05. The molecule has 0 radical (unpaired) electrons. The molecular formula is C16H14F3N5. The van der Waals surface area contributed by atoms with Crippen LogP contribution in [-0.2, 0) is 12.6 Å². The molecule has 24 heavy (non-hydrogen) atoms. The average molecular weight is 333 g/mol. The number of hydrogen-bond donors (Lipinski definition) is 2. The zero-order valence-electron chi connectivity index (χ0n) is 12.7. The van der Waals surface area contributed by atoms with Crippen LogP contribution >= 0.6 is 0 Å². The lowest BCUT2D eigenvalue weighted by Gasteiger charge is -2.34. The fraction of sp³-hybridized carbons (Fsp3) is 0.188. The summed E-state index contributed by atoms with van der Waals surface area (Å²) in [5.74, 6) is -0.276. The van der Waals surface area contributed by atoms with Crippen LogP contribution in [0.15, 0.2) is 60.1 Å². The Bertz CT molecular complexity index is 831. The third kappa shape index (κ3) is 2.06. The summed E-state index contributed by atoms with van der Waals surface area (Å²) in [5, 5.41) is 10.5. The van der Waals surface area contributed by atoms with Crippen LogP contribution in [0, 0.1) is 11.3 Å². The molecule has 124 valence electrons. The maximum absolute atomic E-state index is 14.1. The normalized spacial score (nSPS) is 21.2. The van der Waals surface area contributed by atoms with E-state index in [4.69, 9.17) is 5.73 Å². The number of aryl methyl sites for hydroxylation is 1. The molecule has 3 N–H and O–H groups in total. The summed E-state index contributed by atoms with van der Waals surface area (Å²) in [4.78, 5) is 0. The van der Waals surface area contributed by atoms with E-state index in [9.17, 15) is 18.4 Å². The molecule has 0 aliphatic carbocycles. The number of hydrogen-bond acceptors (Lipinski definition) is 4. The number of alkyl halides is 3. The fourth-order valence-corrected chi connectivity index (χ4v) is 2.90. The zero-order chi connectivity index (χ0) is 17.5. The van der Waals surface area contributed by atoms with Gasteiger partial charge in [0.15, 0.2) is 0 Å². The Morgan fingerprint density at radius 2 is 1.83 bits per heavy atom. The van der Waals surface area contributed by atoms with Gasteiger partial charge in [-0.2, -0.15) is 18.4 Å². The van der Waals surface area contributed by atoms with Crippen molar-refractivity contribution in [1.82, 2.24) is 9.99 Å². The van der Waals surface area contributed by atoms with E-state index < -0.39 is 17.3 Å². The number of benzene rings is 1. The van der Waals surface area contributed by atoms with Gasteiger partial charge in [-0.05, 0) is 24.3 Å². The van der Waals surface area contributed by atoms with E-state index in [1.807, 2.05) is 0 Å². The molecule has 2 heterocycles. The van der Waals surface area contributed by atoms with Gasteiger partial charge in [0.05, 0.1) is 11.4 Å². The predicted molar refractivity (Wildman–Crippen MR) is 82.0 cm³/mol. The van der Waals surface area contributed by atoms with E-state index >= 15 is 0 Å². The van der Waals surface area contributed by atoms with Crippen molar-refractivity contribution in [3.8, 4) is 6.07 Å². The standard InChI is InChI=1S/C16H14F3N5/c1-23-9-5-8-13(23)15(16(17,18)19)12(10-20)14(21)24(22-15)11-6-3-2-4-7-11/h2-9,22H,21H2,1H3/t15-/m1/s1. The number of rotatable bonds is 2. The minimum Gasteiger partial charge on any atom is -0.383 e. The summed E-state index contributed by atoms with van der Waals surface area (Å²) in [6, 6.07) is 12.7. The van der Waals surface area contributed by atoms with Crippen LogP contribution in [0.5, 0.6) is 0 Å². The third-order valence-electron chi connectivity index (χ3n) is 4.03. The van der Waals surface area contributed by atoms with Crippen molar-refractivity contribution < 1.29 is 13.2 Å². The van der Waals surface area contributed by atoms with E-state index in [2.05, 4.69) is 5.43 Å². The minimum atomic E-state index is -4.78. The second-order valence-corrected chi connectivity index (χ2v) is 5.41. The van der Waals surface area contributed by atoms with Gasteiger partial charge in [-0.1, -0.05) is 18.2 Å². The van der Waals surface area contributed by atoms with Crippen molar-refractivity contribution in [2.45, 2.75) is 11.7 Å². The molecule has 0 saturated carbocycles. The summed E-state index contributed by atoms with van der Waals surface area (Å²) in [6.45, 7) is 0. The second kappa shape index (κ2) is 5.32. The number of nitrogens with two attached hydrogens (primary N) is 1. The molecule has 0 fully saturated rings. The maximum atomic E-state index is 14.1. The average Bonchev–Trinajstić information content (AvgIpc) is 3.09. The Kier molecular flexibility index (Phi) is 3.53. The van der Waals surface area contributed by atoms with Gasteiger partial charge in [-0.25, -0.2) is 5.43 Å². The minimum absolute atomic E-state index is 0.118. The number of nitrogens with zero attached hydrogens (tertiary/aromatic N) is 3. The van der Waals surface area contributed by atoms with Crippen molar-refractivity contribution >= 4 is 5.69 Å². The highest BCUT2D eigenvalue weighted by Gasteiger charge is 2.65. The van der Waals surface area contributed by atoms with E-state index in [0.29, 0.717) is 5.69 Å². The van der Waals surface area contributed by atoms with Gasteiger partial charge in [0, 0.05) is 13.2 Å². The van der Waals surface area contributed by atoms with Gasteiger partial charge in [-0.15, -0.1) is 0 Å². The van der Waals surface area contributed by atoms with Gasteiger partial charge < -0.3 is 10.3 Å². The summed E-state index contributed by atoms with van der Waals surface area (Å²) in [6.07, 6.45) is -3.29. The van der Waals surface area contributed by atoms with Crippen LogP contribution < -0.4 is 16.2 Å². The number of anilines is 1. The van der Waals surface area contributed by atoms with E-state index in [1.54, 1.807) is 36.4 Å². The monoisotopic (exact) mass is 333 g/mol. The Labute approximate surface area is 136 Å². The van der Waals surface area contributed by atoms with Gasteiger partial charge >= 0.3 is 6.18 Å². The molecule has 1 aliphatic rings. The van der Waals surface area contributed by atoms with Gasteiger partial charge in [0.2, 0.25) is 5.54 Å². The van der Waals surface area contributed by atoms with E-state index in [-0.39, 0.29) is 11.5 Å². The van der Waals surface area contributed by atoms with Crippen LogP contribution in [0.4, 0.5) is 18.9 Å². The number of halogens is 3. The molecule has 1 aromatic carbocycles. The smallest absolute Gasteiger partial charge is 0.383 e. The van der Waals surface area contributed by atoms with Crippen LogP contribution in [0.2, 0.25) is 0 Å². The number of hydrazine groups is 1. The summed E-state index contributed by atoms with van der Waals surface area (Å²) < 4.78 is 43.7. The number of nitrogens with one attached hydrogen (secondary N) is 1. The molecule has 2 aromatic rings. The Balaban J connectivity index is 2.25. The third-order valence-corrected chi connectivity index (χ3v) is 4.03. The molecule has 8 heteroatoms. The lowest BCUT2D eigenvalue weighted by molar-refractivity contribution is -0.186. The molecule has 3 rings (SSSR count). The first-order valence-electron chi connectivity index (χ1n) is 7.05. The van der Waals surface area contributed by atoms with Crippen molar-refractivity contribution in [3.05, 3.63) is 65.7 Å². The molecule has 0 saturated heterocycles. The Hall–Kier alpha value is -2.92. The fourth-order valence-electron chi connectivity index (χ4n) is 2.90. The quantitative estimate of drug-likeness (QED) is 0.886. The molecule has 0 spiro atoms. The molecule has 1 atom stereocenters. The number of para-hydroxylation sites is 1. The van der Waals surface area contributed by atoms with Crippen LogP contribution in [0.3, 0.4) is 0 Å². The van der Waals surface area contributed by atoms with Crippen LogP contribution in [-0.4, -0.2) is 10.7 Å². The Morgan fingerprint density at radius 3 is 2.33 bits per heavy atom. The molecule has 0 bridgehead atoms. The largest absolute Gasteiger partial charge is 0.419 e. The number of nitriles is 1. The Morgan fingerprint density at radius 1 is 1.17 bits per heavy atom. The van der Waals surface area contributed by atoms with Crippen molar-refractivity contribution in [1.29, 1.82) is 5.26 Å². The van der Waals surface area contributed by atoms with Crippen molar-refractivity contribution in [2.75, 3.05) is 5.01 Å². The lowest BCUT2D eigenvalue weighted by atomic mass is 9.87. The number of aromatic nitrogens is 1. The molecule has 1 aliphatic heterocycles. The summed E-state index contributed by atoms with van der Waals surface area (Å²) in [7, 11) is 1.49. The van der Waals surface area contributed by atoms with E-state index in [1.165, 1.54) is 29.9 Å². The zero-order valence-corrected chi connectivity index (χ0v) is 12.7. The topological polar surface area (TPSA) is 70.0 Å². The first-order chi connectivity index (χ1) is 11.3. The van der Waals surface area contributed by atoms with E-state index in [0.717, 1.165) is 5.01 Å². The molecule has 0 amide bonds. The summed E-state index contributed by atoms with van der Waals surface area (Å²) >= 11 is 0. The predicted octanol–water partition coefficient (Wildman–Crippen LogP) is 2.50. The summed E-state index contributed by atoms with van der Waals surface area (Å²) in [5.41, 5.74) is 5.32. The molecule has 0 unspecified atom stereocenters. The molecule has 5 nitrogen and oxygen atoms in total. The first kappa shape index (κ1) is 16.0. The SMILES string of the molecule is Cn1cccc1[C@]1(C(F)(F)F)NN(c2ccccc2)C(N)=C1C#N. The van der Waals surface area contributed by atoms with Crippen molar-refractivity contribution in [3.63, 3.8) is 0 Å². The highest BCUT2D eigenvalue weighted by atomic mass is 19.4. The van der Waals surface area contributed by atoms with Gasteiger partial charge in [0.1, 0.15) is 17.5 Å². The van der Waals surface area contributed by atoms with Gasteiger partial charge in [-0.3, -0.25) is 5.01 Å².